The molecule has 1 spiro atoms. The summed E-state index contributed by atoms with van der Waals surface area (Å²) in [4.78, 5) is 29.9. The summed E-state index contributed by atoms with van der Waals surface area (Å²) in [7, 11) is 0. The summed E-state index contributed by atoms with van der Waals surface area (Å²) >= 11 is 0. The van der Waals surface area contributed by atoms with Crippen LogP contribution in [0.5, 0.6) is 0 Å². The highest BCUT2D eigenvalue weighted by atomic mass is 16.5. The molecular formula is C19H20N2O3. The second-order valence-corrected chi connectivity index (χ2v) is 6.50. The second-order valence-electron chi connectivity index (χ2n) is 6.50. The van der Waals surface area contributed by atoms with Crippen LogP contribution in [0.25, 0.3) is 11.3 Å². The minimum Gasteiger partial charge on any atom is -0.367 e. The number of amides is 1. The molecule has 3 heterocycles. The highest BCUT2D eigenvalue weighted by Gasteiger charge is 2.46. The molecule has 1 aromatic heterocycles. The quantitative estimate of drug-likeness (QED) is 0.924. The van der Waals surface area contributed by atoms with Gasteiger partial charge in [0, 0.05) is 25.3 Å². The van der Waals surface area contributed by atoms with Crippen molar-refractivity contribution in [2.24, 2.45) is 0 Å². The molecule has 1 atom stereocenters. The molecule has 0 aliphatic carbocycles. The number of likely N-dealkylation sites (tertiary alicyclic amines) is 1. The van der Waals surface area contributed by atoms with Gasteiger partial charge in [-0.3, -0.25) is 9.59 Å². The third kappa shape index (κ3) is 2.55. The van der Waals surface area contributed by atoms with Crippen molar-refractivity contribution < 1.29 is 14.3 Å². The molecular weight excluding hydrogens is 304 g/mol. The monoisotopic (exact) mass is 324 g/mol. The van der Waals surface area contributed by atoms with E-state index in [9.17, 15) is 9.59 Å². The van der Waals surface area contributed by atoms with Crippen molar-refractivity contribution in [1.82, 2.24) is 9.88 Å². The Labute approximate surface area is 140 Å². The second kappa shape index (κ2) is 5.91. The van der Waals surface area contributed by atoms with Crippen LogP contribution in [0, 0.1) is 0 Å². The fourth-order valence-corrected chi connectivity index (χ4v) is 3.62. The van der Waals surface area contributed by atoms with Crippen LogP contribution in [0.3, 0.4) is 0 Å². The van der Waals surface area contributed by atoms with Gasteiger partial charge in [0.2, 0.25) is 0 Å². The van der Waals surface area contributed by atoms with E-state index in [2.05, 4.69) is 4.98 Å². The lowest BCUT2D eigenvalue weighted by molar-refractivity contribution is -0.144. The normalized spacial score (nSPS) is 23.8. The highest BCUT2D eigenvalue weighted by molar-refractivity contribution is 5.99. The van der Waals surface area contributed by atoms with Crippen LogP contribution >= 0.6 is 0 Å². The zero-order valence-electron chi connectivity index (χ0n) is 13.5. The van der Waals surface area contributed by atoms with E-state index in [0.29, 0.717) is 25.3 Å². The Balaban J connectivity index is 1.49. The Bertz CT molecular complexity index is 760. The number of aromatic amines is 1. The highest BCUT2D eigenvalue weighted by Crippen LogP contribution is 2.33. The third-order valence-electron chi connectivity index (χ3n) is 5.02. The number of carbonyl (C=O) groups excluding carboxylic acids is 2. The van der Waals surface area contributed by atoms with Crippen molar-refractivity contribution in [3.63, 3.8) is 0 Å². The van der Waals surface area contributed by atoms with Gasteiger partial charge in [-0.1, -0.05) is 30.3 Å². The summed E-state index contributed by atoms with van der Waals surface area (Å²) in [6.07, 6.45) is 2.31. The first-order chi connectivity index (χ1) is 11.7. The van der Waals surface area contributed by atoms with E-state index < -0.39 is 5.60 Å². The molecule has 0 unspecified atom stereocenters. The maximum atomic E-state index is 12.7. The Kier molecular flexibility index (Phi) is 3.73. The molecule has 0 bridgehead atoms. The average molecular weight is 324 g/mol. The number of ether oxygens (including phenoxy) is 1. The van der Waals surface area contributed by atoms with Crippen LogP contribution in [-0.4, -0.2) is 46.9 Å². The lowest BCUT2D eigenvalue weighted by Gasteiger charge is -2.36. The van der Waals surface area contributed by atoms with Gasteiger partial charge in [-0.15, -0.1) is 0 Å². The molecule has 2 fully saturated rings. The molecule has 24 heavy (non-hydrogen) atoms. The Morgan fingerprint density at radius 1 is 1.12 bits per heavy atom. The third-order valence-corrected chi connectivity index (χ3v) is 5.02. The van der Waals surface area contributed by atoms with E-state index >= 15 is 0 Å². The van der Waals surface area contributed by atoms with E-state index in [1.807, 2.05) is 36.4 Å². The van der Waals surface area contributed by atoms with Crippen molar-refractivity contribution in [2.75, 3.05) is 19.7 Å². The number of piperidine rings is 1. The van der Waals surface area contributed by atoms with E-state index in [0.717, 1.165) is 24.1 Å². The average Bonchev–Trinajstić information content (AvgIpc) is 3.28. The largest absolute Gasteiger partial charge is 0.367 e. The number of hydrogen-bond acceptors (Lipinski definition) is 3. The number of aromatic nitrogens is 1. The molecule has 124 valence electrons. The van der Waals surface area contributed by atoms with Gasteiger partial charge in [-0.25, -0.2) is 0 Å². The molecule has 5 heteroatoms. The van der Waals surface area contributed by atoms with E-state index in [1.165, 1.54) is 0 Å². The number of H-pyrrole nitrogens is 1. The number of benzene rings is 1. The predicted molar refractivity (Wildman–Crippen MR) is 89.7 cm³/mol. The molecule has 2 aromatic rings. The predicted octanol–water partition coefficient (Wildman–Crippen LogP) is 2.65. The van der Waals surface area contributed by atoms with Crippen molar-refractivity contribution >= 4 is 11.7 Å². The first kappa shape index (κ1) is 15.1. The van der Waals surface area contributed by atoms with Gasteiger partial charge in [0.25, 0.3) is 5.91 Å². The maximum Gasteiger partial charge on any atom is 0.270 e. The van der Waals surface area contributed by atoms with Crippen LogP contribution < -0.4 is 0 Å². The minimum absolute atomic E-state index is 0.0365. The first-order valence-corrected chi connectivity index (χ1v) is 8.39. The van der Waals surface area contributed by atoms with Gasteiger partial charge in [0.15, 0.2) is 5.78 Å². The maximum absolute atomic E-state index is 12.7. The Hall–Kier alpha value is -2.40. The van der Waals surface area contributed by atoms with E-state index in [4.69, 9.17) is 4.74 Å². The summed E-state index contributed by atoms with van der Waals surface area (Å²) in [5.41, 5.74) is 1.83. The summed E-state index contributed by atoms with van der Waals surface area (Å²) in [6.45, 7) is 1.35. The number of hydrogen-bond donors (Lipinski definition) is 1. The van der Waals surface area contributed by atoms with Crippen LogP contribution in [0.1, 0.15) is 29.8 Å². The number of carbonyl (C=O) groups is 2. The van der Waals surface area contributed by atoms with E-state index in [-0.39, 0.29) is 18.2 Å². The first-order valence-electron chi connectivity index (χ1n) is 8.39. The zero-order chi connectivity index (χ0) is 16.6. The summed E-state index contributed by atoms with van der Waals surface area (Å²) in [5.74, 6) is -0.0900. The molecule has 0 saturated carbocycles. The van der Waals surface area contributed by atoms with Gasteiger partial charge in [0.1, 0.15) is 11.3 Å². The summed E-state index contributed by atoms with van der Waals surface area (Å²) in [6, 6.07) is 13.5. The molecule has 1 amide bonds. The zero-order valence-corrected chi connectivity index (χ0v) is 13.5. The molecule has 2 aliphatic rings. The van der Waals surface area contributed by atoms with Gasteiger partial charge in [-0.2, -0.15) is 0 Å². The SMILES string of the molecule is O=C(c1ccc(-c2ccccc2)[nH]1)N1CC[C@]2(CCCO2)C(=O)C1. The smallest absolute Gasteiger partial charge is 0.270 e. The van der Waals surface area contributed by atoms with Crippen LogP contribution in [0.2, 0.25) is 0 Å². The number of rotatable bonds is 2. The molecule has 4 rings (SSSR count). The number of Topliss-reactive ketones (excluding diaryl/α,β-unsaturated/α-hetero) is 1. The number of ketones is 1. The van der Waals surface area contributed by atoms with Crippen molar-refractivity contribution in [2.45, 2.75) is 24.9 Å². The fraction of sp³-hybridized carbons (Fsp3) is 0.368. The standard InChI is InChI=1S/C19H20N2O3/c22-17-13-21(11-10-19(17)9-4-12-24-19)18(23)16-8-7-15(20-16)14-5-2-1-3-6-14/h1-3,5-8,20H,4,9-13H2/t19-/m1/s1. The van der Waals surface area contributed by atoms with Gasteiger partial charge in [-0.05, 0) is 30.5 Å². The van der Waals surface area contributed by atoms with Crippen molar-refractivity contribution in [1.29, 1.82) is 0 Å². The Morgan fingerprint density at radius 3 is 2.67 bits per heavy atom. The van der Waals surface area contributed by atoms with Crippen LogP contribution in [-0.2, 0) is 9.53 Å². The molecule has 2 saturated heterocycles. The molecule has 1 aromatic carbocycles. The number of nitrogens with zero attached hydrogens (tertiary/aromatic N) is 1. The Morgan fingerprint density at radius 2 is 1.96 bits per heavy atom. The summed E-state index contributed by atoms with van der Waals surface area (Å²) < 4.78 is 5.69. The minimum atomic E-state index is -0.623. The molecule has 2 aliphatic heterocycles. The van der Waals surface area contributed by atoms with Crippen LogP contribution in [0.4, 0.5) is 0 Å². The topological polar surface area (TPSA) is 62.4 Å². The summed E-state index contributed by atoms with van der Waals surface area (Å²) in [5, 5.41) is 0. The van der Waals surface area contributed by atoms with E-state index in [1.54, 1.807) is 11.0 Å². The van der Waals surface area contributed by atoms with Crippen molar-refractivity contribution in [3.05, 3.63) is 48.2 Å². The number of nitrogens with one attached hydrogen (secondary N) is 1. The van der Waals surface area contributed by atoms with Crippen LogP contribution in [0.15, 0.2) is 42.5 Å². The lowest BCUT2D eigenvalue weighted by Crippen LogP contribution is -2.53. The van der Waals surface area contributed by atoms with Gasteiger partial charge >= 0.3 is 0 Å². The van der Waals surface area contributed by atoms with Crippen molar-refractivity contribution in [3.8, 4) is 11.3 Å². The fourth-order valence-electron chi connectivity index (χ4n) is 3.62. The van der Waals surface area contributed by atoms with Gasteiger partial charge in [0.05, 0.1) is 6.54 Å². The molecule has 5 nitrogen and oxygen atoms in total. The lowest BCUT2D eigenvalue weighted by atomic mass is 9.87. The molecule has 0 radical (unpaired) electrons. The molecule has 1 N–H and O–H groups in total. The van der Waals surface area contributed by atoms with Gasteiger partial charge < -0.3 is 14.6 Å².